The van der Waals surface area contributed by atoms with E-state index >= 15 is 0 Å². The monoisotopic (exact) mass is 517 g/mol. The largest absolute Gasteiger partial charge is 0.505 e. The minimum Gasteiger partial charge on any atom is -0.505 e. The first kappa shape index (κ1) is 29.5. The Balaban J connectivity index is 0.00000497. The molecule has 0 fully saturated rings. The van der Waals surface area contributed by atoms with Crippen molar-refractivity contribution in [1.82, 2.24) is 4.90 Å². The topological polar surface area (TPSA) is 140 Å². The molecule has 0 aliphatic carbocycles. The summed E-state index contributed by atoms with van der Waals surface area (Å²) in [6.07, 6.45) is 5.10. The number of amidine groups is 3. The molecule has 10 heteroatoms. The summed E-state index contributed by atoms with van der Waals surface area (Å²) in [7, 11) is 3.19. The maximum absolute atomic E-state index is 12.2. The minimum absolute atomic E-state index is 0.0246. The number of nitrogens with one attached hydrogen (secondary N) is 2. The Bertz CT molecular complexity index is 993. The van der Waals surface area contributed by atoms with Crippen LogP contribution in [0, 0.1) is 5.41 Å². The number of allylic oxidation sites excluding steroid dienone is 4. The molecule has 178 valence electrons. The summed E-state index contributed by atoms with van der Waals surface area (Å²) in [5, 5.41) is 21.2. The van der Waals surface area contributed by atoms with Gasteiger partial charge >= 0.3 is 0 Å². The Morgan fingerprint density at radius 3 is 2.48 bits per heavy atom. The van der Waals surface area contributed by atoms with Crippen molar-refractivity contribution in [2.75, 3.05) is 26.0 Å². The molecule has 5 N–H and O–H groups in total. The molecule has 0 atom stereocenters. The van der Waals surface area contributed by atoms with E-state index in [9.17, 15) is 9.90 Å². The molecule has 33 heavy (non-hydrogen) atoms. The standard InChI is InChI=1S/C21H26BrN7O2.C2H6/c1-6-9-15(14(22)7-2)27-17(28-20(24)19(23)25-3)12-26-16-11-8-10-13(18(16)30)21(31)29(4)5;1-2/h6-11,23,26,30H,2-3,12H2,1,4-5H3,(H2,24,27,28);1-2H3/b9-6-,15-14-,23-19?;. The third kappa shape index (κ3) is 9.24. The number of carbonyl (C=O) groups is 1. The fraction of sp³-hybridized carbons (Fsp3) is 0.261. The van der Waals surface area contributed by atoms with Gasteiger partial charge in [-0.05, 0) is 47.8 Å². The molecule has 1 rings (SSSR count). The minimum atomic E-state index is -0.337. The lowest BCUT2D eigenvalue weighted by Gasteiger charge is -2.15. The first-order valence-electron chi connectivity index (χ1n) is 10.1. The predicted octanol–water partition coefficient (Wildman–Crippen LogP) is 4.33. The SMILES string of the molecule is C=C/C(Br)=C(\C=C/C)N=C(CNc1cccc(C(=O)N(C)C)c1O)N=C(N)C(=N)N=C.CC. The normalized spacial score (nSPS) is 12.3. The number of nitrogens with zero attached hydrogens (tertiary/aromatic N) is 4. The van der Waals surface area contributed by atoms with Gasteiger partial charge in [0, 0.05) is 18.6 Å². The van der Waals surface area contributed by atoms with Crippen LogP contribution in [0.15, 0.2) is 68.2 Å². The second kappa shape index (κ2) is 15.3. The van der Waals surface area contributed by atoms with E-state index in [1.165, 1.54) is 11.0 Å². The third-order valence-electron chi connectivity index (χ3n) is 3.76. The highest BCUT2D eigenvalue weighted by molar-refractivity contribution is 9.11. The van der Waals surface area contributed by atoms with E-state index < -0.39 is 0 Å². The van der Waals surface area contributed by atoms with E-state index in [2.05, 4.69) is 49.5 Å². The second-order valence-electron chi connectivity index (χ2n) is 6.22. The summed E-state index contributed by atoms with van der Waals surface area (Å²) in [5.41, 5.74) is 6.78. The Hall–Kier alpha value is -3.53. The van der Waals surface area contributed by atoms with Gasteiger partial charge in [-0.25, -0.2) is 15.0 Å². The fourth-order valence-electron chi connectivity index (χ4n) is 2.22. The van der Waals surface area contributed by atoms with Crippen molar-refractivity contribution in [3.8, 4) is 5.75 Å². The zero-order chi connectivity index (χ0) is 25.6. The van der Waals surface area contributed by atoms with Crippen LogP contribution < -0.4 is 11.1 Å². The van der Waals surface area contributed by atoms with Gasteiger partial charge in [0.1, 0.15) is 0 Å². The van der Waals surface area contributed by atoms with Crippen molar-refractivity contribution >= 4 is 51.7 Å². The van der Waals surface area contributed by atoms with Gasteiger partial charge in [0.2, 0.25) is 0 Å². The number of para-hydroxylation sites is 1. The summed E-state index contributed by atoms with van der Waals surface area (Å²) in [6.45, 7) is 12.8. The van der Waals surface area contributed by atoms with Crippen LogP contribution in [-0.2, 0) is 0 Å². The number of phenols is 1. The van der Waals surface area contributed by atoms with Crippen LogP contribution in [0.1, 0.15) is 31.1 Å². The smallest absolute Gasteiger partial charge is 0.257 e. The number of amides is 1. The van der Waals surface area contributed by atoms with Crippen LogP contribution in [0.25, 0.3) is 0 Å². The fourth-order valence-corrected chi connectivity index (χ4v) is 2.44. The predicted molar refractivity (Wildman–Crippen MR) is 143 cm³/mol. The highest BCUT2D eigenvalue weighted by Gasteiger charge is 2.16. The summed E-state index contributed by atoms with van der Waals surface area (Å²) in [6, 6.07) is 4.78. The number of halogens is 1. The molecule has 0 saturated carbocycles. The third-order valence-corrected chi connectivity index (χ3v) is 4.49. The number of rotatable bonds is 7. The van der Waals surface area contributed by atoms with E-state index in [0.29, 0.717) is 15.9 Å². The molecule has 0 bridgehead atoms. The molecule has 0 radical (unpaired) electrons. The first-order valence-corrected chi connectivity index (χ1v) is 10.8. The molecule has 0 saturated heterocycles. The van der Waals surface area contributed by atoms with Gasteiger partial charge in [-0.3, -0.25) is 10.2 Å². The molecule has 0 aliphatic heterocycles. The van der Waals surface area contributed by atoms with Gasteiger partial charge in [0.15, 0.2) is 23.3 Å². The Morgan fingerprint density at radius 1 is 1.33 bits per heavy atom. The molecule has 0 spiro atoms. The molecule has 0 heterocycles. The van der Waals surface area contributed by atoms with E-state index in [0.717, 1.165) is 0 Å². The lowest BCUT2D eigenvalue weighted by Crippen LogP contribution is -2.25. The molecular weight excluding hydrogens is 486 g/mol. The Morgan fingerprint density at radius 2 is 1.97 bits per heavy atom. The average molecular weight is 518 g/mol. The molecule has 0 aliphatic rings. The highest BCUT2D eigenvalue weighted by Crippen LogP contribution is 2.28. The van der Waals surface area contributed by atoms with E-state index in [1.54, 1.807) is 44.5 Å². The number of carbonyl (C=O) groups excluding carboxylic acids is 1. The van der Waals surface area contributed by atoms with Crippen molar-refractivity contribution in [2.45, 2.75) is 20.8 Å². The summed E-state index contributed by atoms with van der Waals surface area (Å²) in [5.74, 6) is -0.814. The van der Waals surface area contributed by atoms with Gasteiger partial charge in [-0.15, -0.1) is 0 Å². The van der Waals surface area contributed by atoms with Gasteiger partial charge in [0.05, 0.1) is 23.5 Å². The number of aromatic hydroxyl groups is 1. The molecule has 9 nitrogen and oxygen atoms in total. The lowest BCUT2D eigenvalue weighted by atomic mass is 10.1. The Kier molecular flexibility index (Phi) is 13.7. The number of benzene rings is 1. The number of anilines is 1. The number of hydrogen-bond acceptors (Lipinski definition) is 5. The van der Waals surface area contributed by atoms with Gasteiger partial charge in [0.25, 0.3) is 5.91 Å². The molecule has 0 aromatic heterocycles. The van der Waals surface area contributed by atoms with Crippen LogP contribution in [0.5, 0.6) is 5.75 Å². The number of aliphatic imine (C=N–C) groups is 3. The maximum Gasteiger partial charge on any atom is 0.257 e. The number of hydrogen-bond donors (Lipinski definition) is 4. The zero-order valence-corrected chi connectivity index (χ0v) is 21.3. The lowest BCUT2D eigenvalue weighted by molar-refractivity contribution is 0.0824. The van der Waals surface area contributed by atoms with Crippen molar-refractivity contribution in [3.63, 3.8) is 0 Å². The van der Waals surface area contributed by atoms with Gasteiger partial charge in [-0.2, -0.15) is 0 Å². The zero-order valence-electron chi connectivity index (χ0n) is 19.7. The highest BCUT2D eigenvalue weighted by atomic mass is 79.9. The molecule has 1 aromatic rings. The van der Waals surface area contributed by atoms with Crippen LogP contribution in [0.2, 0.25) is 0 Å². The Labute approximate surface area is 203 Å². The summed E-state index contributed by atoms with van der Waals surface area (Å²) in [4.78, 5) is 25.7. The summed E-state index contributed by atoms with van der Waals surface area (Å²) < 4.78 is 0.621. The average Bonchev–Trinajstić information content (AvgIpc) is 2.82. The quantitative estimate of drug-likeness (QED) is 0.185. The molecule has 1 aromatic carbocycles. The number of phenolic OH excluding ortho intramolecular Hbond substituents is 1. The van der Waals surface area contributed by atoms with E-state index in [4.69, 9.17) is 11.1 Å². The maximum atomic E-state index is 12.2. The van der Waals surface area contributed by atoms with Gasteiger partial charge in [-0.1, -0.05) is 38.6 Å². The van der Waals surface area contributed by atoms with Crippen LogP contribution in [-0.4, -0.2) is 60.8 Å². The van der Waals surface area contributed by atoms with E-state index in [1.807, 2.05) is 20.8 Å². The van der Waals surface area contributed by atoms with Crippen LogP contribution in [0.4, 0.5) is 5.69 Å². The number of nitrogens with two attached hydrogens (primary N) is 1. The van der Waals surface area contributed by atoms with Gasteiger partial charge < -0.3 is 21.1 Å². The van der Waals surface area contributed by atoms with Crippen molar-refractivity contribution in [3.05, 3.63) is 58.7 Å². The molecule has 0 unspecified atom stereocenters. The van der Waals surface area contributed by atoms with Crippen molar-refractivity contribution in [2.24, 2.45) is 20.7 Å². The van der Waals surface area contributed by atoms with Crippen LogP contribution >= 0.6 is 15.9 Å². The second-order valence-corrected chi connectivity index (χ2v) is 7.08. The summed E-state index contributed by atoms with van der Waals surface area (Å²) >= 11 is 3.38. The van der Waals surface area contributed by atoms with Crippen molar-refractivity contribution in [1.29, 1.82) is 5.41 Å². The van der Waals surface area contributed by atoms with Crippen LogP contribution in [0.3, 0.4) is 0 Å². The first-order chi connectivity index (χ1) is 15.7. The van der Waals surface area contributed by atoms with Crippen molar-refractivity contribution < 1.29 is 9.90 Å². The molecular formula is C23H32BrN7O2. The molecule has 1 amide bonds. The van der Waals surface area contributed by atoms with E-state index in [-0.39, 0.29) is 41.3 Å².